The van der Waals surface area contributed by atoms with E-state index < -0.39 is 91.0 Å². The molecule has 0 aromatic heterocycles. The van der Waals surface area contributed by atoms with Gasteiger partial charge in [0.05, 0.1) is 42.4 Å². The summed E-state index contributed by atoms with van der Waals surface area (Å²) in [5.74, 6) is -3.10. The summed E-state index contributed by atoms with van der Waals surface area (Å²) < 4.78 is 73.5. The van der Waals surface area contributed by atoms with Gasteiger partial charge in [-0.15, -0.1) is 0 Å². The summed E-state index contributed by atoms with van der Waals surface area (Å²) >= 11 is 0. The number of ether oxygens (including phenoxy) is 2. The van der Waals surface area contributed by atoms with E-state index in [4.69, 9.17) is 9.47 Å². The Kier molecular flexibility index (Phi) is 41.2. The quantitative estimate of drug-likeness (QED) is 0.108. The summed E-state index contributed by atoms with van der Waals surface area (Å²) in [5.41, 5.74) is -0.805. The molecule has 2 aromatic carbocycles. The number of hydrogen-bond donors (Lipinski definition) is 0. The van der Waals surface area contributed by atoms with Crippen molar-refractivity contribution in [3.63, 3.8) is 0 Å². The van der Waals surface area contributed by atoms with Crippen LogP contribution in [0.25, 0.3) is 0 Å². The van der Waals surface area contributed by atoms with E-state index in [9.17, 15) is 67.0 Å². The normalized spacial score (nSPS) is 21.0. The smallest absolute Gasteiger partial charge is 0.790 e. The second-order valence-corrected chi connectivity index (χ2v) is 13.0. The molecule has 6 atom stereocenters. The maximum atomic E-state index is 12.9. The molecule has 0 heterocycles. The number of benzene rings is 2. The third-order valence-corrected chi connectivity index (χ3v) is 7.46. The molecular weight excluding hydrogens is 868 g/mol. The van der Waals surface area contributed by atoms with Gasteiger partial charge < -0.3 is 85.0 Å². The Labute approximate surface area is 473 Å². The van der Waals surface area contributed by atoms with Gasteiger partial charge in [-0.3, -0.25) is 0 Å². The molecule has 32 heteroatoms. The van der Waals surface area contributed by atoms with Crippen molar-refractivity contribution in [2.24, 2.45) is 0 Å². The van der Waals surface area contributed by atoms with Crippen molar-refractivity contribution in [3.8, 4) is 0 Å². The Hall–Kier alpha value is 5.82. The molecule has 0 spiro atoms. The molecule has 0 bridgehead atoms. The molecular formula is C20H16Na8O20P4. The SMILES string of the molecule is O=C(O[C@@H]1C(OP(=O)([O-])[O-])[C@H](OC(=O)c2ccccc2)[C@H](OP(=O)([O-])[O-])C(OP(=O)([O-])[O-])[C@H]1OP(=O)([O-])[O-])c1ccccc1.[Na+].[Na+].[Na+].[Na+].[Na+].[Na+].[Na+].[Na+]. The van der Waals surface area contributed by atoms with Gasteiger partial charge in [-0.1, -0.05) is 36.4 Å². The summed E-state index contributed by atoms with van der Waals surface area (Å²) in [6.45, 7) is 0. The molecule has 3 rings (SSSR count). The second-order valence-electron chi connectivity index (χ2n) is 8.54. The molecule has 0 amide bonds. The molecule has 0 radical (unpaired) electrons. The molecule has 0 N–H and O–H groups in total. The second kappa shape index (κ2) is 30.8. The van der Waals surface area contributed by atoms with E-state index >= 15 is 0 Å². The first-order valence-electron chi connectivity index (χ1n) is 11.5. The van der Waals surface area contributed by atoms with E-state index in [0.717, 1.165) is 24.3 Å². The number of phosphoric acid groups is 4. The van der Waals surface area contributed by atoms with Crippen molar-refractivity contribution in [1.29, 1.82) is 0 Å². The van der Waals surface area contributed by atoms with Gasteiger partial charge >= 0.3 is 248 Å². The van der Waals surface area contributed by atoms with Crippen LogP contribution in [0.4, 0.5) is 0 Å². The Morgan fingerprint density at radius 3 is 0.788 bits per heavy atom. The van der Waals surface area contributed by atoms with Crippen LogP contribution in [0, 0.1) is 0 Å². The van der Waals surface area contributed by atoms with Gasteiger partial charge in [-0.2, -0.15) is 0 Å². The Bertz CT molecular complexity index is 1440. The van der Waals surface area contributed by atoms with E-state index in [-0.39, 0.29) is 236 Å². The largest absolute Gasteiger partial charge is 1.00 e. The molecule has 2 aromatic rings. The molecule has 2 unspecified atom stereocenters. The van der Waals surface area contributed by atoms with Crippen molar-refractivity contribution < 1.29 is 331 Å². The van der Waals surface area contributed by atoms with Crippen LogP contribution in [0.2, 0.25) is 0 Å². The van der Waals surface area contributed by atoms with E-state index in [1.54, 1.807) is 0 Å². The molecule has 244 valence electrons. The maximum absolute atomic E-state index is 12.9. The number of rotatable bonds is 12. The molecule has 0 aliphatic heterocycles. The summed E-state index contributed by atoms with van der Waals surface area (Å²) in [4.78, 5) is 119. The third kappa shape index (κ3) is 25.1. The first kappa shape index (κ1) is 69.5. The van der Waals surface area contributed by atoms with E-state index in [1.165, 1.54) is 36.4 Å². The summed E-state index contributed by atoms with van der Waals surface area (Å²) in [7, 11) is -25.9. The fraction of sp³-hybridized carbons (Fsp3) is 0.300. The van der Waals surface area contributed by atoms with Gasteiger partial charge in [-0.25, -0.2) is 9.59 Å². The predicted molar refractivity (Wildman–Crippen MR) is 121 cm³/mol. The molecule has 1 saturated carbocycles. The van der Waals surface area contributed by atoms with Gasteiger partial charge in [0, 0.05) is 0 Å². The van der Waals surface area contributed by atoms with Crippen LogP contribution in [-0.2, 0) is 45.8 Å². The number of hydrogen-bond acceptors (Lipinski definition) is 20. The number of carbonyl (C=O) groups is 2. The zero-order chi connectivity index (χ0) is 33.1. The van der Waals surface area contributed by atoms with Gasteiger partial charge in [0.25, 0.3) is 0 Å². The summed E-state index contributed by atoms with van der Waals surface area (Å²) in [5, 5.41) is 0. The van der Waals surface area contributed by atoms with Crippen LogP contribution in [-0.4, -0.2) is 48.6 Å². The molecule has 1 fully saturated rings. The first-order chi connectivity index (χ1) is 20.1. The van der Waals surface area contributed by atoms with Crippen molar-refractivity contribution in [2.45, 2.75) is 36.6 Å². The van der Waals surface area contributed by atoms with Gasteiger partial charge in [0.15, 0.2) is 12.2 Å². The van der Waals surface area contributed by atoms with Crippen LogP contribution in [0.1, 0.15) is 20.7 Å². The van der Waals surface area contributed by atoms with Crippen LogP contribution >= 0.6 is 31.3 Å². The third-order valence-electron chi connectivity index (χ3n) is 5.45. The Morgan fingerprint density at radius 2 is 0.577 bits per heavy atom. The minimum absolute atomic E-state index is 0. The molecule has 1 aliphatic rings. The van der Waals surface area contributed by atoms with E-state index in [1.807, 2.05) is 0 Å². The number of carbonyl (C=O) groups excluding carboxylic acids is 2. The topological polar surface area (TPSA) is 342 Å². The molecule has 1 aliphatic carbocycles. The first-order valence-corrected chi connectivity index (χ1v) is 17.3. The van der Waals surface area contributed by atoms with Gasteiger partial charge in [0.2, 0.25) is 0 Å². The van der Waals surface area contributed by atoms with Crippen molar-refractivity contribution in [3.05, 3.63) is 71.8 Å². The van der Waals surface area contributed by atoms with E-state index in [2.05, 4.69) is 18.1 Å². The standard InChI is InChI=1S/C20H24O20P4.8Na/c21-19(11-7-3-1-4-8-11)35-13-15(37-41(23,24)25)14(36-20(22)12-9-5-2-6-10-12)17(39-43(29,30)31)18(40-44(32,33)34)16(13)38-42(26,27)28;;;;;;;;/h1-10,13-18H,(H2,23,24,25)(H2,26,27,28)(H2,29,30,31)(H2,32,33,34);;;;;;;;/q;8*+1/p-8/t13-,14+,15?,16-,17-,18?;;;;;;;;/m0......../s1. The van der Waals surface area contributed by atoms with Crippen molar-refractivity contribution >= 4 is 43.2 Å². The minimum atomic E-state index is -6.49. The average Bonchev–Trinajstić information content (AvgIpc) is 2.88. The number of esters is 2. The summed E-state index contributed by atoms with van der Waals surface area (Å²) in [6, 6.07) is 12.1. The monoisotopic (exact) mass is 884 g/mol. The fourth-order valence-corrected chi connectivity index (χ4v) is 6.15. The zero-order valence-corrected chi connectivity index (χ0v) is 48.8. The zero-order valence-electron chi connectivity index (χ0n) is 29.2. The molecule has 0 saturated heterocycles. The van der Waals surface area contributed by atoms with Gasteiger partial charge in [0.1, 0.15) is 24.4 Å². The van der Waals surface area contributed by atoms with Crippen molar-refractivity contribution in [1.82, 2.24) is 0 Å². The average molecular weight is 884 g/mol. The predicted octanol–water partition coefficient (Wildman–Crippen LogP) is -28.7. The minimum Gasteiger partial charge on any atom is -0.790 e. The van der Waals surface area contributed by atoms with Crippen LogP contribution in [0.5, 0.6) is 0 Å². The fourth-order valence-electron chi connectivity index (χ4n) is 4.00. The van der Waals surface area contributed by atoms with Crippen LogP contribution in [0.15, 0.2) is 60.7 Å². The van der Waals surface area contributed by atoms with Crippen molar-refractivity contribution in [2.75, 3.05) is 0 Å². The van der Waals surface area contributed by atoms with Crippen LogP contribution < -0.4 is 276 Å². The summed E-state index contributed by atoms with van der Waals surface area (Å²) in [6.07, 6.45) is -18.1. The maximum Gasteiger partial charge on any atom is 1.00 e. The molecule has 52 heavy (non-hydrogen) atoms. The van der Waals surface area contributed by atoms with Crippen LogP contribution in [0.3, 0.4) is 0 Å². The Balaban J connectivity index is -0.000000661. The van der Waals surface area contributed by atoms with E-state index in [0.29, 0.717) is 0 Å². The molecule has 20 nitrogen and oxygen atoms in total. The van der Waals surface area contributed by atoms with Gasteiger partial charge in [-0.05, 0) is 24.3 Å². The Morgan fingerprint density at radius 1 is 0.385 bits per heavy atom. The number of phosphoric ester groups is 4.